The van der Waals surface area contributed by atoms with Crippen molar-refractivity contribution >= 4 is 32.6 Å². The summed E-state index contributed by atoms with van der Waals surface area (Å²) in [6.45, 7) is 71.7. The summed E-state index contributed by atoms with van der Waals surface area (Å²) < 4.78 is 55.7. The van der Waals surface area contributed by atoms with Crippen molar-refractivity contribution in [3.63, 3.8) is 0 Å². The fraction of sp³-hybridized carbons (Fsp3) is 0.696. The van der Waals surface area contributed by atoms with Crippen LogP contribution in [-0.2, 0) is 57.6 Å². The van der Waals surface area contributed by atoms with E-state index >= 15 is 0 Å². The first-order valence-corrected chi connectivity index (χ1v) is 24.6. The molecule has 0 aliphatic heterocycles. The smallest absolute Gasteiger partial charge is 0 e. The van der Waals surface area contributed by atoms with Crippen LogP contribution < -0.4 is 18.1 Å². The minimum Gasteiger partial charge on any atom is 0 e. The molecule has 0 aromatic carbocycles. The van der Waals surface area contributed by atoms with Gasteiger partial charge >= 0.3 is 45.2 Å². The molecule has 10 nitrogen and oxygen atoms in total. The molecule has 0 atom stereocenters. The molecule has 0 aliphatic rings. The van der Waals surface area contributed by atoms with Gasteiger partial charge in [-0.2, -0.15) is 9.97 Å². The van der Waals surface area contributed by atoms with Gasteiger partial charge in [-0.3, -0.25) is 0 Å². The summed E-state index contributed by atoms with van der Waals surface area (Å²) in [5.74, 6) is 2.65. The van der Waals surface area contributed by atoms with E-state index in [9.17, 15) is 0 Å². The van der Waals surface area contributed by atoms with Crippen molar-refractivity contribution in [1.29, 1.82) is 0 Å². The molecule has 0 saturated heterocycles. The Morgan fingerprint density at radius 1 is 0.306 bits per heavy atom. The number of pyridine rings is 2. The Labute approximate surface area is 409 Å². The van der Waals surface area contributed by atoms with E-state index in [4.69, 9.17) is 46.7 Å². The summed E-state index contributed by atoms with van der Waals surface area (Å²) in [6, 6.07) is 11.7. The molecule has 0 unspecified atom stereocenters. The first-order valence-electron chi connectivity index (χ1n) is 19.5. The van der Waals surface area contributed by atoms with Gasteiger partial charge in [0.1, 0.15) is 32.6 Å². The van der Waals surface area contributed by atoms with E-state index in [2.05, 4.69) is 193 Å². The second-order valence-electron chi connectivity index (χ2n) is 21.5. The van der Waals surface area contributed by atoms with Crippen molar-refractivity contribution in [2.24, 2.45) is 0 Å². The molecule has 356 valence electrons. The molecule has 0 spiro atoms. The van der Waals surface area contributed by atoms with Crippen LogP contribution in [0.1, 0.15) is 166 Å². The van der Waals surface area contributed by atoms with Gasteiger partial charge < -0.3 is 18.1 Å². The predicted molar refractivity (Wildman–Crippen MR) is 252 cm³/mol. The van der Waals surface area contributed by atoms with Crippen molar-refractivity contribution in [3.05, 3.63) is 63.0 Å². The van der Waals surface area contributed by atoms with E-state index in [1.165, 1.54) is 0 Å². The van der Waals surface area contributed by atoms with Crippen molar-refractivity contribution < 1.29 is 75.7 Å². The van der Waals surface area contributed by atoms with Gasteiger partial charge in [-0.15, -0.1) is 0 Å². The Hall–Kier alpha value is -0.573. The van der Waals surface area contributed by atoms with Gasteiger partial charge in [-0.1, -0.05) is 178 Å². The van der Waals surface area contributed by atoms with Gasteiger partial charge in [0.25, 0.3) is 0 Å². The summed E-state index contributed by atoms with van der Waals surface area (Å²) in [5.41, 5.74) is 0. The normalized spacial score (nSPS) is 11.9. The molecule has 0 bridgehead atoms. The van der Waals surface area contributed by atoms with Gasteiger partial charge in [0.05, 0.1) is 0 Å². The van der Waals surface area contributed by atoms with Crippen LogP contribution in [0.5, 0.6) is 23.5 Å². The fourth-order valence-electron chi connectivity index (χ4n) is 6.49. The molecule has 0 N–H and O–H groups in total. The number of hydrogen-bond donors (Lipinski definition) is 0. The second-order valence-corrected chi connectivity index (χ2v) is 35.4. The molecule has 2 heterocycles. The quantitative estimate of drug-likeness (QED) is 0.111. The molecular formula is C46H78N2O8P4Ru2. The number of rotatable bonds is 8. The average molecular weight is 1110 g/mol. The maximum absolute atomic E-state index is 7.50. The van der Waals surface area contributed by atoms with Crippen LogP contribution >= 0.6 is 32.6 Å². The summed E-state index contributed by atoms with van der Waals surface area (Å²) >= 11 is 0. The van der Waals surface area contributed by atoms with Gasteiger partial charge in [-0.25, -0.2) is 0 Å². The minimum absolute atomic E-state index is 0. The zero-order valence-corrected chi connectivity index (χ0v) is 49.2. The maximum Gasteiger partial charge on any atom is 0 e. The van der Waals surface area contributed by atoms with Crippen molar-refractivity contribution in [3.8, 4) is 23.5 Å². The molecule has 0 saturated carbocycles. The third-order valence-electron chi connectivity index (χ3n) is 7.01. The number of aromatic nitrogens is 2. The van der Waals surface area contributed by atoms with Crippen LogP contribution in [0, 0.1) is 26.6 Å². The molecule has 2 aromatic rings. The largest absolute Gasteiger partial charge is 0 e. The topological polar surface area (TPSA) is 142 Å². The summed E-state index contributed by atoms with van der Waals surface area (Å²) in [4.78, 5) is 9.39. The Balaban J connectivity index is -0.000000212. The van der Waals surface area contributed by atoms with Crippen LogP contribution in [0.25, 0.3) is 0 Å². The van der Waals surface area contributed by atoms with Gasteiger partial charge in [0.15, 0.2) is 0 Å². The molecule has 2 rings (SSSR count). The maximum atomic E-state index is 7.50. The van der Waals surface area contributed by atoms with Gasteiger partial charge in [0, 0.05) is 104 Å². The van der Waals surface area contributed by atoms with Crippen molar-refractivity contribution in [2.45, 2.75) is 207 Å². The van der Waals surface area contributed by atoms with E-state index in [0.717, 1.165) is 0 Å². The van der Waals surface area contributed by atoms with E-state index < -0.39 is 32.6 Å². The third-order valence-corrected chi connectivity index (χ3v) is 18.2. The summed E-state index contributed by atoms with van der Waals surface area (Å²) in [7, 11) is -2.84. The van der Waals surface area contributed by atoms with Crippen LogP contribution in [-0.4, -0.2) is 51.2 Å². The van der Waals surface area contributed by atoms with Gasteiger partial charge in [-0.05, 0) is 0 Å². The van der Waals surface area contributed by atoms with Crippen LogP contribution in [0.15, 0.2) is 36.4 Å². The zero-order valence-electron chi connectivity index (χ0n) is 42.1. The molecule has 0 fully saturated rings. The molecule has 0 radical (unpaired) electrons. The third kappa shape index (κ3) is 29.1. The molecule has 16 heteroatoms. The van der Waals surface area contributed by atoms with E-state index in [0.29, 0.717) is 23.5 Å². The Bertz CT molecular complexity index is 1320. The van der Waals surface area contributed by atoms with Crippen LogP contribution in [0.2, 0.25) is 0 Å². The summed E-state index contributed by atoms with van der Waals surface area (Å²) in [6.07, 6.45) is 0. The zero-order chi connectivity index (χ0) is 49.1. The SMILES string of the molecule is CC(C)(C)P(Oc1cccc(OP(C(C)(C)C)C(C)(C)C)n1)C(C)(C)C.CC(C)(C)P(Oc1cccc(OP(C(C)(C)C)C(C)(C)C)n1)C(C)(C)C.[C-]#[O+].[C-]#[O+].[C-]#[O+].[C-]#[O+].[Ru].[Ru]. The standard InChI is InChI=1S/2C21H39NO2P2.4CO.2Ru/c2*1-18(2,3)25(19(4,5)6)23-16-14-13-15-17(22-16)24-26(20(7,8)9)21(10,11)12;4*1-2;;/h2*13-15H,1-12H3;;;;;;. The van der Waals surface area contributed by atoms with Crippen LogP contribution in [0.3, 0.4) is 0 Å². The van der Waals surface area contributed by atoms with E-state index in [1.807, 2.05) is 36.4 Å². The fourth-order valence-corrected chi connectivity index (χ4v) is 17.9. The van der Waals surface area contributed by atoms with Crippen molar-refractivity contribution in [2.75, 3.05) is 0 Å². The molecule has 2 aromatic heterocycles. The molecule has 62 heavy (non-hydrogen) atoms. The van der Waals surface area contributed by atoms with Crippen molar-refractivity contribution in [1.82, 2.24) is 9.97 Å². The monoisotopic (exact) mass is 1110 g/mol. The van der Waals surface area contributed by atoms with E-state index in [1.54, 1.807) is 0 Å². The number of nitrogens with zero attached hydrogens (tertiary/aromatic N) is 2. The predicted octanol–water partition coefficient (Wildman–Crippen LogP) is 15.5. The summed E-state index contributed by atoms with van der Waals surface area (Å²) in [5, 5.41) is 0.631. The Kier molecular flexibility index (Phi) is 36.1. The Morgan fingerprint density at radius 3 is 0.516 bits per heavy atom. The van der Waals surface area contributed by atoms with E-state index in [-0.39, 0.29) is 80.2 Å². The molecule has 0 aliphatic carbocycles. The minimum atomic E-state index is -0.710. The van der Waals surface area contributed by atoms with Gasteiger partial charge in [0.2, 0.25) is 23.5 Å². The molecular weight excluding hydrogens is 1030 g/mol. The van der Waals surface area contributed by atoms with Crippen LogP contribution in [0.4, 0.5) is 0 Å². The second kappa shape index (κ2) is 30.7. The number of hydrogen-bond acceptors (Lipinski definition) is 6. The first-order chi connectivity index (χ1) is 26.8. The Morgan fingerprint density at radius 2 is 0.419 bits per heavy atom. The average Bonchev–Trinajstić information content (AvgIpc) is 3.08. The first kappa shape index (κ1) is 73.0. The molecule has 0 amide bonds.